The highest BCUT2D eigenvalue weighted by Crippen LogP contribution is 2.46. The molecule has 94 valence electrons. The molecule has 0 aromatic heterocycles. The summed E-state index contributed by atoms with van der Waals surface area (Å²) in [5.74, 6) is 1.73. The zero-order valence-corrected chi connectivity index (χ0v) is 10.4. The van der Waals surface area contributed by atoms with Gasteiger partial charge in [0.25, 0.3) is 0 Å². The van der Waals surface area contributed by atoms with Gasteiger partial charge >= 0.3 is 0 Å². The van der Waals surface area contributed by atoms with Crippen LogP contribution in [0.25, 0.3) is 0 Å². The lowest BCUT2D eigenvalue weighted by atomic mass is 9.76. The number of nitrogens with one attached hydrogen (secondary N) is 1. The first-order valence-corrected chi connectivity index (χ1v) is 6.65. The molecule has 16 heavy (non-hydrogen) atoms. The molecule has 0 aromatic rings. The smallest absolute Gasteiger partial charge is 0.0774 e. The summed E-state index contributed by atoms with van der Waals surface area (Å²) in [6.07, 6.45) is 7.32. The lowest BCUT2D eigenvalue weighted by molar-refractivity contribution is -0.0194. The van der Waals surface area contributed by atoms with E-state index in [4.69, 9.17) is 4.74 Å². The van der Waals surface area contributed by atoms with E-state index >= 15 is 0 Å². The first-order valence-electron chi connectivity index (χ1n) is 6.65. The molecule has 0 saturated heterocycles. The van der Waals surface area contributed by atoms with Gasteiger partial charge in [0.15, 0.2) is 0 Å². The van der Waals surface area contributed by atoms with Crippen LogP contribution in [-0.2, 0) is 4.74 Å². The zero-order valence-electron chi connectivity index (χ0n) is 10.4. The molecule has 2 saturated carbocycles. The maximum absolute atomic E-state index is 10.5. The molecule has 2 unspecified atom stereocenters. The molecule has 0 amide bonds. The highest BCUT2D eigenvalue weighted by molar-refractivity contribution is 4.93. The summed E-state index contributed by atoms with van der Waals surface area (Å²) in [6, 6.07) is 0. The van der Waals surface area contributed by atoms with E-state index in [1.807, 2.05) is 0 Å². The molecule has 0 heterocycles. The van der Waals surface area contributed by atoms with Gasteiger partial charge in [0.2, 0.25) is 0 Å². The van der Waals surface area contributed by atoms with Gasteiger partial charge in [-0.2, -0.15) is 0 Å². The normalized spacial score (nSPS) is 35.2. The van der Waals surface area contributed by atoms with E-state index in [1.165, 1.54) is 25.7 Å². The van der Waals surface area contributed by atoms with Crippen LogP contribution in [0.1, 0.15) is 38.5 Å². The van der Waals surface area contributed by atoms with E-state index in [1.54, 1.807) is 7.11 Å². The van der Waals surface area contributed by atoms with Gasteiger partial charge in [-0.15, -0.1) is 0 Å². The fourth-order valence-electron chi connectivity index (χ4n) is 3.01. The number of hydrogen-bond donors (Lipinski definition) is 2. The third-order valence-corrected chi connectivity index (χ3v) is 4.08. The van der Waals surface area contributed by atoms with Gasteiger partial charge in [0, 0.05) is 20.2 Å². The molecule has 3 heteroatoms. The van der Waals surface area contributed by atoms with Crippen LogP contribution in [0, 0.1) is 11.8 Å². The van der Waals surface area contributed by atoms with Crippen LogP contribution >= 0.6 is 0 Å². The highest BCUT2D eigenvalue weighted by Gasteiger charge is 2.40. The number of ether oxygens (including phenoxy) is 1. The van der Waals surface area contributed by atoms with Crippen LogP contribution in [0.2, 0.25) is 0 Å². The molecule has 2 aliphatic carbocycles. The van der Waals surface area contributed by atoms with Gasteiger partial charge < -0.3 is 15.2 Å². The predicted octanol–water partition coefficient (Wildman–Crippen LogP) is 1.55. The van der Waals surface area contributed by atoms with Gasteiger partial charge in [0.05, 0.1) is 12.2 Å². The third kappa shape index (κ3) is 3.44. The maximum atomic E-state index is 10.5. The first kappa shape index (κ1) is 12.3. The van der Waals surface area contributed by atoms with Crippen molar-refractivity contribution in [3.63, 3.8) is 0 Å². The lowest BCUT2D eigenvalue weighted by Crippen LogP contribution is -2.45. The molecule has 3 nitrogen and oxygen atoms in total. The molecule has 2 N–H and O–H groups in total. The van der Waals surface area contributed by atoms with E-state index in [2.05, 4.69) is 5.32 Å². The van der Waals surface area contributed by atoms with Gasteiger partial charge in [0.1, 0.15) is 0 Å². The van der Waals surface area contributed by atoms with Gasteiger partial charge in [-0.1, -0.05) is 6.42 Å². The van der Waals surface area contributed by atoms with Gasteiger partial charge in [-0.25, -0.2) is 0 Å². The van der Waals surface area contributed by atoms with E-state index in [0.717, 1.165) is 44.4 Å². The minimum absolute atomic E-state index is 0.445. The molecule has 2 atom stereocenters. The largest absolute Gasteiger partial charge is 0.389 e. The number of hydrogen-bond acceptors (Lipinski definition) is 3. The Balaban J connectivity index is 1.72. The van der Waals surface area contributed by atoms with Crippen LogP contribution in [-0.4, -0.2) is 37.5 Å². The highest BCUT2D eigenvalue weighted by atomic mass is 16.5. The molecule has 0 bridgehead atoms. The van der Waals surface area contributed by atoms with Crippen molar-refractivity contribution in [3.8, 4) is 0 Å². The first-order chi connectivity index (χ1) is 7.73. The Bertz CT molecular complexity index is 218. The third-order valence-electron chi connectivity index (χ3n) is 4.08. The summed E-state index contributed by atoms with van der Waals surface area (Å²) >= 11 is 0. The van der Waals surface area contributed by atoms with Crippen LogP contribution < -0.4 is 5.32 Å². The van der Waals surface area contributed by atoms with Crippen LogP contribution in [0.5, 0.6) is 0 Å². The van der Waals surface area contributed by atoms with Crippen LogP contribution in [0.4, 0.5) is 0 Å². The lowest BCUT2D eigenvalue weighted by Gasteiger charge is -2.37. The van der Waals surface area contributed by atoms with E-state index in [0.29, 0.717) is 0 Å². The molecule has 0 spiro atoms. The minimum atomic E-state index is -0.445. The Morgan fingerprint density at radius 1 is 1.31 bits per heavy atom. The predicted molar refractivity (Wildman–Crippen MR) is 64.4 cm³/mol. The minimum Gasteiger partial charge on any atom is -0.389 e. The quantitative estimate of drug-likeness (QED) is 0.677. The molecule has 0 radical (unpaired) electrons. The summed E-state index contributed by atoms with van der Waals surface area (Å²) in [5.41, 5.74) is -0.445. The topological polar surface area (TPSA) is 41.5 Å². The van der Waals surface area contributed by atoms with E-state index in [-0.39, 0.29) is 0 Å². The molecule has 0 aromatic carbocycles. The summed E-state index contributed by atoms with van der Waals surface area (Å²) < 4.78 is 4.99. The second kappa shape index (κ2) is 5.48. The van der Waals surface area contributed by atoms with E-state index in [9.17, 15) is 5.11 Å². The van der Waals surface area contributed by atoms with Crippen molar-refractivity contribution in [2.75, 3.05) is 26.8 Å². The maximum Gasteiger partial charge on any atom is 0.0774 e. The monoisotopic (exact) mass is 227 g/mol. The Labute approximate surface area is 98.6 Å². The average Bonchev–Trinajstić information content (AvgIpc) is 3.08. The van der Waals surface area contributed by atoms with E-state index < -0.39 is 5.60 Å². The number of aliphatic hydroxyl groups is 1. The summed E-state index contributed by atoms with van der Waals surface area (Å²) in [4.78, 5) is 0. The van der Waals surface area contributed by atoms with Crippen molar-refractivity contribution in [2.45, 2.75) is 44.1 Å². The zero-order chi connectivity index (χ0) is 11.4. The van der Waals surface area contributed by atoms with Gasteiger partial charge in [-0.05, 0) is 43.9 Å². The molecule has 0 aliphatic heterocycles. The van der Waals surface area contributed by atoms with Crippen molar-refractivity contribution in [1.29, 1.82) is 0 Å². The second-order valence-electron chi connectivity index (χ2n) is 5.59. The Hall–Kier alpha value is -0.120. The van der Waals surface area contributed by atoms with Crippen molar-refractivity contribution >= 4 is 0 Å². The van der Waals surface area contributed by atoms with Crippen molar-refractivity contribution < 1.29 is 9.84 Å². The van der Waals surface area contributed by atoms with Crippen molar-refractivity contribution in [1.82, 2.24) is 5.32 Å². The van der Waals surface area contributed by atoms with Crippen molar-refractivity contribution in [2.24, 2.45) is 11.8 Å². The number of rotatable bonds is 6. The Kier molecular flexibility index (Phi) is 4.22. The number of methoxy groups -OCH3 is 1. The molecular formula is C13H25NO2. The fourth-order valence-corrected chi connectivity index (χ4v) is 3.01. The Morgan fingerprint density at radius 2 is 2.12 bits per heavy atom. The Morgan fingerprint density at radius 3 is 2.81 bits per heavy atom. The van der Waals surface area contributed by atoms with Gasteiger partial charge in [-0.3, -0.25) is 0 Å². The summed E-state index contributed by atoms with van der Waals surface area (Å²) in [5, 5.41) is 13.8. The standard InChI is InChI=1S/C13H25NO2/c1-16-8-7-14-10-13(15)6-2-3-12(9-13)11-4-5-11/h11-12,14-15H,2-10H2,1H3. The summed E-state index contributed by atoms with van der Waals surface area (Å²) in [7, 11) is 1.71. The van der Waals surface area contributed by atoms with Crippen LogP contribution in [0.3, 0.4) is 0 Å². The summed E-state index contributed by atoms with van der Waals surface area (Å²) in [6.45, 7) is 2.30. The molecule has 2 rings (SSSR count). The molecular weight excluding hydrogens is 202 g/mol. The molecule has 2 aliphatic rings. The second-order valence-corrected chi connectivity index (χ2v) is 5.59. The molecule has 2 fully saturated rings. The fraction of sp³-hybridized carbons (Fsp3) is 1.00. The SMILES string of the molecule is COCCNCC1(O)CCCC(C2CC2)C1. The van der Waals surface area contributed by atoms with Crippen molar-refractivity contribution in [3.05, 3.63) is 0 Å². The van der Waals surface area contributed by atoms with Crippen LogP contribution in [0.15, 0.2) is 0 Å². The average molecular weight is 227 g/mol.